The Kier molecular flexibility index (Phi) is 4.58. The Morgan fingerprint density at radius 1 is 1.00 bits per heavy atom. The molecular formula is C17H20O2. The van der Waals surface area contributed by atoms with Crippen molar-refractivity contribution in [3.8, 4) is 5.75 Å². The topological polar surface area (TPSA) is 29.5 Å². The molecule has 0 saturated heterocycles. The van der Waals surface area contributed by atoms with Gasteiger partial charge < -0.3 is 9.84 Å². The SMILES string of the molecule is CC(C)c1cccc(CO)c1OCc1ccccc1. The molecule has 0 aromatic heterocycles. The summed E-state index contributed by atoms with van der Waals surface area (Å²) in [5.74, 6) is 1.20. The Morgan fingerprint density at radius 3 is 2.37 bits per heavy atom. The highest BCUT2D eigenvalue weighted by molar-refractivity contribution is 5.43. The molecule has 0 heterocycles. The van der Waals surface area contributed by atoms with Crippen LogP contribution in [0.4, 0.5) is 0 Å². The number of ether oxygens (including phenoxy) is 1. The maximum atomic E-state index is 9.44. The molecule has 0 aliphatic carbocycles. The second-order valence-corrected chi connectivity index (χ2v) is 4.92. The summed E-state index contributed by atoms with van der Waals surface area (Å²) in [5.41, 5.74) is 3.12. The van der Waals surface area contributed by atoms with E-state index in [-0.39, 0.29) is 6.61 Å². The molecule has 0 bridgehead atoms. The van der Waals surface area contributed by atoms with E-state index in [9.17, 15) is 5.11 Å². The first kappa shape index (κ1) is 13.6. The first-order chi connectivity index (χ1) is 9.22. The fourth-order valence-electron chi connectivity index (χ4n) is 2.09. The van der Waals surface area contributed by atoms with Gasteiger partial charge in [-0.2, -0.15) is 0 Å². The summed E-state index contributed by atoms with van der Waals surface area (Å²) in [6, 6.07) is 16.0. The highest BCUT2D eigenvalue weighted by Gasteiger charge is 2.12. The van der Waals surface area contributed by atoms with E-state index in [1.54, 1.807) is 0 Å². The van der Waals surface area contributed by atoms with Crippen LogP contribution in [0.15, 0.2) is 48.5 Å². The summed E-state index contributed by atoms with van der Waals surface area (Å²) < 4.78 is 5.95. The lowest BCUT2D eigenvalue weighted by Crippen LogP contribution is -2.03. The van der Waals surface area contributed by atoms with Crippen LogP contribution in [0.2, 0.25) is 0 Å². The first-order valence-electron chi connectivity index (χ1n) is 6.61. The summed E-state index contributed by atoms with van der Waals surface area (Å²) in [6.07, 6.45) is 0. The van der Waals surface area contributed by atoms with Crippen molar-refractivity contribution < 1.29 is 9.84 Å². The molecule has 0 unspecified atom stereocenters. The third-order valence-electron chi connectivity index (χ3n) is 3.15. The highest BCUT2D eigenvalue weighted by Crippen LogP contribution is 2.30. The highest BCUT2D eigenvalue weighted by atomic mass is 16.5. The Hall–Kier alpha value is -1.80. The molecule has 0 spiro atoms. The molecule has 0 fully saturated rings. The van der Waals surface area contributed by atoms with Crippen LogP contribution in [0, 0.1) is 0 Å². The van der Waals surface area contributed by atoms with Gasteiger partial charge in [-0.05, 0) is 17.0 Å². The maximum absolute atomic E-state index is 9.44. The van der Waals surface area contributed by atoms with Crippen LogP contribution in [-0.2, 0) is 13.2 Å². The average Bonchev–Trinajstić information content (AvgIpc) is 2.45. The van der Waals surface area contributed by atoms with Crippen molar-refractivity contribution in [2.24, 2.45) is 0 Å². The predicted molar refractivity (Wildman–Crippen MR) is 77.2 cm³/mol. The summed E-state index contributed by atoms with van der Waals surface area (Å²) >= 11 is 0. The van der Waals surface area contributed by atoms with Crippen LogP contribution in [0.1, 0.15) is 36.5 Å². The quantitative estimate of drug-likeness (QED) is 0.879. The summed E-state index contributed by atoms with van der Waals surface area (Å²) in [6.45, 7) is 4.79. The van der Waals surface area contributed by atoms with Crippen molar-refractivity contribution in [1.29, 1.82) is 0 Å². The maximum Gasteiger partial charge on any atom is 0.128 e. The lowest BCUT2D eigenvalue weighted by Gasteiger charge is -2.17. The number of aliphatic hydroxyl groups is 1. The van der Waals surface area contributed by atoms with Gasteiger partial charge in [0.2, 0.25) is 0 Å². The normalized spacial score (nSPS) is 10.7. The van der Waals surface area contributed by atoms with Crippen LogP contribution >= 0.6 is 0 Å². The van der Waals surface area contributed by atoms with E-state index in [0.29, 0.717) is 12.5 Å². The molecule has 1 N–H and O–H groups in total. The van der Waals surface area contributed by atoms with E-state index in [1.807, 2.05) is 42.5 Å². The third kappa shape index (κ3) is 3.36. The predicted octanol–water partition coefficient (Wildman–Crippen LogP) is 3.88. The van der Waals surface area contributed by atoms with Crippen molar-refractivity contribution in [3.05, 3.63) is 65.2 Å². The standard InChI is InChI=1S/C17H20O2/c1-13(2)16-10-6-9-15(11-18)17(16)19-12-14-7-4-3-5-8-14/h3-10,13,18H,11-12H2,1-2H3. The molecule has 0 aliphatic heterocycles. The van der Waals surface area contributed by atoms with Crippen molar-refractivity contribution >= 4 is 0 Å². The molecule has 19 heavy (non-hydrogen) atoms. The Labute approximate surface area is 114 Å². The minimum atomic E-state index is 0.00465. The zero-order valence-corrected chi connectivity index (χ0v) is 11.5. The van der Waals surface area contributed by atoms with Gasteiger partial charge in [0.15, 0.2) is 0 Å². The number of para-hydroxylation sites is 1. The van der Waals surface area contributed by atoms with Gasteiger partial charge in [-0.1, -0.05) is 62.4 Å². The molecule has 0 aliphatic rings. The van der Waals surface area contributed by atoms with Crippen LogP contribution in [0.3, 0.4) is 0 Å². The van der Waals surface area contributed by atoms with Crippen molar-refractivity contribution in [3.63, 3.8) is 0 Å². The average molecular weight is 256 g/mol. The number of aliphatic hydroxyl groups excluding tert-OH is 1. The largest absolute Gasteiger partial charge is 0.488 e. The number of hydrogen-bond acceptors (Lipinski definition) is 2. The number of rotatable bonds is 5. The van der Waals surface area contributed by atoms with Crippen LogP contribution < -0.4 is 4.74 Å². The fourth-order valence-corrected chi connectivity index (χ4v) is 2.09. The third-order valence-corrected chi connectivity index (χ3v) is 3.15. The van der Waals surface area contributed by atoms with Gasteiger partial charge in [0.05, 0.1) is 6.61 Å². The van der Waals surface area contributed by atoms with Gasteiger partial charge in [0, 0.05) is 5.56 Å². The number of hydrogen-bond donors (Lipinski definition) is 1. The lowest BCUT2D eigenvalue weighted by atomic mass is 9.99. The van der Waals surface area contributed by atoms with Gasteiger partial charge >= 0.3 is 0 Å². The summed E-state index contributed by atoms with van der Waals surface area (Å²) in [5, 5.41) is 9.44. The van der Waals surface area contributed by atoms with E-state index >= 15 is 0 Å². The molecule has 2 aromatic carbocycles. The van der Waals surface area contributed by atoms with Gasteiger partial charge in [-0.3, -0.25) is 0 Å². The Balaban J connectivity index is 2.23. The first-order valence-corrected chi connectivity index (χ1v) is 6.61. The van der Waals surface area contributed by atoms with Crippen LogP contribution in [-0.4, -0.2) is 5.11 Å². The molecule has 100 valence electrons. The van der Waals surface area contributed by atoms with Crippen molar-refractivity contribution in [2.75, 3.05) is 0 Å². The molecule has 0 amide bonds. The summed E-state index contributed by atoms with van der Waals surface area (Å²) in [4.78, 5) is 0. The van der Waals surface area contributed by atoms with E-state index in [2.05, 4.69) is 19.9 Å². The van der Waals surface area contributed by atoms with Crippen LogP contribution in [0.5, 0.6) is 5.75 Å². The van der Waals surface area contributed by atoms with E-state index in [4.69, 9.17) is 4.74 Å². The van der Waals surface area contributed by atoms with Crippen molar-refractivity contribution in [1.82, 2.24) is 0 Å². The van der Waals surface area contributed by atoms with Crippen LogP contribution in [0.25, 0.3) is 0 Å². The molecule has 2 rings (SSSR count). The lowest BCUT2D eigenvalue weighted by molar-refractivity contribution is 0.257. The molecule has 0 radical (unpaired) electrons. The summed E-state index contributed by atoms with van der Waals surface area (Å²) in [7, 11) is 0. The molecule has 2 heteroatoms. The van der Waals surface area contributed by atoms with Gasteiger partial charge in [-0.15, -0.1) is 0 Å². The smallest absolute Gasteiger partial charge is 0.128 e. The molecule has 0 atom stereocenters. The molecule has 2 nitrogen and oxygen atoms in total. The van der Waals surface area contributed by atoms with Gasteiger partial charge in [-0.25, -0.2) is 0 Å². The fraction of sp³-hybridized carbons (Fsp3) is 0.294. The molecule has 0 saturated carbocycles. The number of benzene rings is 2. The van der Waals surface area contributed by atoms with Gasteiger partial charge in [0.1, 0.15) is 12.4 Å². The van der Waals surface area contributed by atoms with Crippen molar-refractivity contribution in [2.45, 2.75) is 33.0 Å². The monoisotopic (exact) mass is 256 g/mol. The zero-order valence-electron chi connectivity index (χ0n) is 11.5. The minimum absolute atomic E-state index is 0.00465. The Morgan fingerprint density at radius 2 is 1.74 bits per heavy atom. The molecule has 2 aromatic rings. The van der Waals surface area contributed by atoms with E-state index < -0.39 is 0 Å². The van der Waals surface area contributed by atoms with Gasteiger partial charge in [0.25, 0.3) is 0 Å². The second kappa shape index (κ2) is 6.39. The Bertz CT molecular complexity index is 518. The zero-order chi connectivity index (χ0) is 13.7. The van der Waals surface area contributed by atoms with E-state index in [0.717, 1.165) is 22.4 Å². The minimum Gasteiger partial charge on any atom is -0.488 e. The molecular weight excluding hydrogens is 236 g/mol. The second-order valence-electron chi connectivity index (χ2n) is 4.92. The van der Waals surface area contributed by atoms with E-state index in [1.165, 1.54) is 0 Å².